The maximum atomic E-state index is 13.6. The van der Waals surface area contributed by atoms with Crippen molar-refractivity contribution < 1.29 is 27.6 Å². The molecule has 0 saturated carbocycles. The summed E-state index contributed by atoms with van der Waals surface area (Å²) in [5, 5.41) is 2.56. The Labute approximate surface area is 178 Å². The topological polar surface area (TPSA) is 73.0 Å². The molecule has 3 rings (SSSR count). The first-order chi connectivity index (χ1) is 14.5. The number of carbonyl (C=O) groups excluding carboxylic acids is 3. The Bertz CT molecular complexity index is 944. The number of amides is 4. The molecule has 0 saturated heterocycles. The van der Waals surface area contributed by atoms with Crippen LogP contribution in [0.25, 0.3) is 0 Å². The van der Waals surface area contributed by atoms with Gasteiger partial charge >= 0.3 is 12.2 Å². The number of hydrogen-bond acceptors (Lipinski definition) is 3. The monoisotopic (exact) mass is 438 g/mol. The number of benzene rings is 1. The summed E-state index contributed by atoms with van der Waals surface area (Å²) in [5.41, 5.74) is -0.723. The largest absolute Gasteiger partial charge is 0.416 e. The lowest BCUT2D eigenvalue weighted by Gasteiger charge is -2.33. The minimum atomic E-state index is -4.65. The van der Waals surface area contributed by atoms with Crippen molar-refractivity contribution >= 4 is 17.8 Å². The van der Waals surface area contributed by atoms with Crippen molar-refractivity contribution in [2.24, 2.45) is 0 Å². The van der Waals surface area contributed by atoms with E-state index in [1.54, 1.807) is 27.8 Å². The van der Waals surface area contributed by atoms with Crippen molar-refractivity contribution in [3.05, 3.63) is 46.7 Å². The minimum absolute atomic E-state index is 0.0232. The van der Waals surface area contributed by atoms with Gasteiger partial charge in [0.2, 0.25) is 5.91 Å². The van der Waals surface area contributed by atoms with E-state index >= 15 is 0 Å². The molecule has 0 radical (unpaired) electrons. The molecule has 0 aliphatic carbocycles. The predicted octanol–water partition coefficient (Wildman–Crippen LogP) is 2.75. The smallest absolute Gasteiger partial charge is 0.344 e. The molecule has 2 aliphatic heterocycles. The molecule has 10 heteroatoms. The Hall–Kier alpha value is -3.04. The van der Waals surface area contributed by atoms with Gasteiger partial charge in [0.15, 0.2) is 0 Å². The first-order valence-electron chi connectivity index (χ1n) is 10.1. The number of nitrogens with zero attached hydrogens (tertiary/aromatic N) is 3. The average molecular weight is 438 g/mol. The van der Waals surface area contributed by atoms with E-state index < -0.39 is 35.8 Å². The van der Waals surface area contributed by atoms with Crippen molar-refractivity contribution in [3.8, 4) is 0 Å². The molecule has 0 unspecified atom stereocenters. The maximum absolute atomic E-state index is 13.6. The molecule has 1 N–H and O–H groups in total. The third kappa shape index (κ3) is 3.86. The van der Waals surface area contributed by atoms with Crippen LogP contribution in [0.5, 0.6) is 0 Å². The van der Waals surface area contributed by atoms with E-state index in [4.69, 9.17) is 0 Å². The molecule has 0 fully saturated rings. The minimum Gasteiger partial charge on any atom is -0.344 e. The van der Waals surface area contributed by atoms with Gasteiger partial charge in [0.25, 0.3) is 5.91 Å². The first kappa shape index (κ1) is 22.6. The second-order valence-corrected chi connectivity index (χ2v) is 7.53. The molecule has 2 atom stereocenters. The van der Waals surface area contributed by atoms with E-state index in [2.05, 4.69) is 5.32 Å². The van der Waals surface area contributed by atoms with Crippen LogP contribution in [0.3, 0.4) is 0 Å². The van der Waals surface area contributed by atoms with E-state index in [0.29, 0.717) is 12.2 Å². The zero-order chi connectivity index (χ0) is 23.1. The number of urea groups is 1. The fourth-order valence-corrected chi connectivity index (χ4v) is 4.01. The summed E-state index contributed by atoms with van der Waals surface area (Å²) in [6, 6.07) is 2.21. The number of halogens is 3. The number of nitrogens with one attached hydrogen (secondary N) is 1. The van der Waals surface area contributed by atoms with Gasteiger partial charge in [0.05, 0.1) is 29.4 Å². The summed E-state index contributed by atoms with van der Waals surface area (Å²) in [7, 11) is 1.61. The number of likely N-dealkylation sites (N-methyl/N-ethyl adjacent to an activating group) is 2. The average Bonchev–Trinajstić information content (AvgIpc) is 3.07. The van der Waals surface area contributed by atoms with Gasteiger partial charge in [0, 0.05) is 20.1 Å². The molecule has 0 spiro atoms. The lowest BCUT2D eigenvalue weighted by atomic mass is 9.91. The zero-order valence-electron chi connectivity index (χ0n) is 17.8. The highest BCUT2D eigenvalue weighted by Crippen LogP contribution is 2.41. The molecule has 168 valence electrons. The van der Waals surface area contributed by atoms with Crippen molar-refractivity contribution in [1.82, 2.24) is 20.0 Å². The molecule has 1 aromatic carbocycles. The lowest BCUT2D eigenvalue weighted by Crippen LogP contribution is -2.47. The van der Waals surface area contributed by atoms with E-state index in [1.807, 2.05) is 0 Å². The fraction of sp³-hybridized carbons (Fsp3) is 0.476. The van der Waals surface area contributed by atoms with E-state index in [-0.39, 0.29) is 30.1 Å². The SMILES string of the molecule is CCN(C)C(=O)[C@@H](C)N1CC2=C(C1=O)[C@@H](c1ccccc1C(F)(F)F)NC(=O)N2CC. The first-order valence-corrected chi connectivity index (χ1v) is 10.1. The predicted molar refractivity (Wildman–Crippen MR) is 107 cm³/mol. The second-order valence-electron chi connectivity index (χ2n) is 7.53. The number of alkyl halides is 3. The van der Waals surface area contributed by atoms with Crippen molar-refractivity contribution in [1.29, 1.82) is 0 Å². The summed E-state index contributed by atoms with van der Waals surface area (Å²) in [5.74, 6) is -0.842. The summed E-state index contributed by atoms with van der Waals surface area (Å²) in [6.45, 7) is 5.74. The van der Waals surface area contributed by atoms with Crippen LogP contribution in [0.15, 0.2) is 35.5 Å². The normalized spacial score (nSPS) is 20.0. The van der Waals surface area contributed by atoms with Crippen LogP contribution in [0.1, 0.15) is 37.9 Å². The summed E-state index contributed by atoms with van der Waals surface area (Å²) in [6.07, 6.45) is -4.65. The van der Waals surface area contributed by atoms with Crippen LogP contribution < -0.4 is 5.32 Å². The molecule has 7 nitrogen and oxygen atoms in total. The van der Waals surface area contributed by atoms with Crippen LogP contribution in [-0.2, 0) is 15.8 Å². The van der Waals surface area contributed by atoms with E-state index in [9.17, 15) is 27.6 Å². The van der Waals surface area contributed by atoms with Gasteiger partial charge in [-0.05, 0) is 32.4 Å². The zero-order valence-corrected chi connectivity index (χ0v) is 17.8. The van der Waals surface area contributed by atoms with Crippen LogP contribution in [0, 0.1) is 0 Å². The van der Waals surface area contributed by atoms with E-state index in [1.165, 1.54) is 32.9 Å². The van der Waals surface area contributed by atoms with Crippen LogP contribution in [0.4, 0.5) is 18.0 Å². The Morgan fingerprint density at radius 2 is 1.90 bits per heavy atom. The molecule has 2 aliphatic rings. The molecular weight excluding hydrogens is 413 g/mol. The van der Waals surface area contributed by atoms with Gasteiger partial charge < -0.3 is 15.1 Å². The number of hydrogen-bond donors (Lipinski definition) is 1. The summed E-state index contributed by atoms with van der Waals surface area (Å²) >= 11 is 0. The van der Waals surface area contributed by atoms with Crippen LogP contribution in [-0.4, -0.2) is 65.3 Å². The molecule has 2 heterocycles. The molecule has 0 bridgehead atoms. The maximum Gasteiger partial charge on any atom is 0.416 e. The Balaban J connectivity index is 2.08. The molecule has 1 aromatic rings. The third-order valence-electron chi connectivity index (χ3n) is 5.82. The van der Waals surface area contributed by atoms with Gasteiger partial charge in [-0.25, -0.2) is 4.79 Å². The molecule has 0 aromatic heterocycles. The van der Waals surface area contributed by atoms with Crippen molar-refractivity contribution in [2.45, 2.75) is 39.0 Å². The van der Waals surface area contributed by atoms with Crippen LogP contribution >= 0.6 is 0 Å². The second kappa shape index (κ2) is 8.24. The van der Waals surface area contributed by atoms with Gasteiger partial charge in [-0.15, -0.1) is 0 Å². The fourth-order valence-electron chi connectivity index (χ4n) is 4.01. The molecular formula is C21H25F3N4O3. The van der Waals surface area contributed by atoms with Gasteiger partial charge in [-0.3, -0.25) is 14.5 Å². The Morgan fingerprint density at radius 1 is 1.26 bits per heavy atom. The summed E-state index contributed by atoms with van der Waals surface area (Å²) in [4.78, 5) is 42.8. The standard InChI is InChI=1S/C21H25F3N4O3/c1-5-26(4)18(29)12(3)28-11-15-16(19(28)30)17(25-20(31)27(15)6-2)13-9-7-8-10-14(13)21(22,23)24/h7-10,12,17H,5-6,11H2,1-4H3,(H,25,31)/t12-,17-/m1/s1. The number of carbonyl (C=O) groups is 3. The number of rotatable bonds is 5. The Kier molecular flexibility index (Phi) is 6.02. The van der Waals surface area contributed by atoms with Gasteiger partial charge in [0.1, 0.15) is 6.04 Å². The van der Waals surface area contributed by atoms with Crippen LogP contribution in [0.2, 0.25) is 0 Å². The molecule has 31 heavy (non-hydrogen) atoms. The highest BCUT2D eigenvalue weighted by Gasteiger charge is 2.48. The Morgan fingerprint density at radius 3 is 2.48 bits per heavy atom. The third-order valence-corrected chi connectivity index (χ3v) is 5.82. The van der Waals surface area contributed by atoms with Gasteiger partial charge in [-0.1, -0.05) is 18.2 Å². The highest BCUT2D eigenvalue weighted by molar-refractivity contribution is 6.03. The van der Waals surface area contributed by atoms with Crippen molar-refractivity contribution in [2.75, 3.05) is 26.7 Å². The molecule has 4 amide bonds. The highest BCUT2D eigenvalue weighted by atomic mass is 19.4. The van der Waals surface area contributed by atoms with Gasteiger partial charge in [-0.2, -0.15) is 13.2 Å². The van der Waals surface area contributed by atoms with E-state index in [0.717, 1.165) is 6.07 Å². The quantitative estimate of drug-likeness (QED) is 0.769. The van der Waals surface area contributed by atoms with Crippen molar-refractivity contribution in [3.63, 3.8) is 0 Å². The summed E-state index contributed by atoms with van der Waals surface area (Å²) < 4.78 is 40.9. The lowest BCUT2D eigenvalue weighted by molar-refractivity contribution is -0.141.